The predicted octanol–water partition coefficient (Wildman–Crippen LogP) is 2.57. The average molecular weight is 223 g/mol. The molecule has 14 heavy (non-hydrogen) atoms. The number of thioether (sulfide) groups is 1. The molecule has 1 aromatic carbocycles. The fourth-order valence-corrected chi connectivity index (χ4v) is 2.97. The molecule has 0 saturated carbocycles. The van der Waals surface area contributed by atoms with E-state index in [1.165, 1.54) is 15.6 Å². The molecule has 0 aliphatic carbocycles. The highest BCUT2D eigenvalue weighted by Gasteiger charge is 2.31. The van der Waals surface area contributed by atoms with E-state index in [0.29, 0.717) is 0 Å². The van der Waals surface area contributed by atoms with Gasteiger partial charge in [0.15, 0.2) is 0 Å². The highest BCUT2D eigenvalue weighted by Crippen LogP contribution is 2.44. The summed E-state index contributed by atoms with van der Waals surface area (Å²) in [5, 5.41) is 5.49. The van der Waals surface area contributed by atoms with Crippen LogP contribution in [0.5, 0.6) is 0 Å². The zero-order chi connectivity index (χ0) is 9.54. The van der Waals surface area contributed by atoms with E-state index >= 15 is 0 Å². The van der Waals surface area contributed by atoms with E-state index in [9.17, 15) is 0 Å². The second-order valence-electron chi connectivity index (χ2n) is 3.01. The van der Waals surface area contributed by atoms with Crippen molar-refractivity contribution in [1.82, 2.24) is 4.83 Å². The molecule has 2 heterocycles. The summed E-state index contributed by atoms with van der Waals surface area (Å²) in [6.07, 6.45) is 2.09. The molecule has 0 unspecified atom stereocenters. The average Bonchev–Trinajstić information content (AvgIpc) is 2.75. The van der Waals surface area contributed by atoms with Gasteiger partial charge in [0.25, 0.3) is 0 Å². The number of nitrogens with one attached hydrogen (secondary N) is 2. The van der Waals surface area contributed by atoms with Crippen LogP contribution >= 0.6 is 23.7 Å². The summed E-state index contributed by atoms with van der Waals surface area (Å²) in [6.45, 7) is 0. The van der Waals surface area contributed by atoms with Crippen LogP contribution in [0.25, 0.3) is 0 Å². The van der Waals surface area contributed by atoms with Crippen molar-refractivity contribution >= 4 is 35.1 Å². The summed E-state index contributed by atoms with van der Waals surface area (Å²) in [7, 11) is 0. The van der Waals surface area contributed by atoms with Gasteiger partial charge in [0.1, 0.15) is 5.82 Å². The molecule has 5 heteroatoms. The molecular formula is C9H9N3S2. The van der Waals surface area contributed by atoms with E-state index in [0.717, 1.165) is 5.82 Å². The van der Waals surface area contributed by atoms with Gasteiger partial charge in [0, 0.05) is 0 Å². The largest absolute Gasteiger partial charge is 0.337 e. The van der Waals surface area contributed by atoms with Crippen LogP contribution in [0.1, 0.15) is 0 Å². The molecular weight excluding hydrogens is 214 g/mol. The second kappa shape index (κ2) is 3.12. The van der Waals surface area contributed by atoms with Crippen LogP contribution in [-0.2, 0) is 0 Å². The van der Waals surface area contributed by atoms with Gasteiger partial charge >= 0.3 is 0 Å². The number of anilines is 2. The molecule has 3 rings (SSSR count). The number of para-hydroxylation sites is 2. The van der Waals surface area contributed by atoms with E-state index < -0.39 is 0 Å². The summed E-state index contributed by atoms with van der Waals surface area (Å²) in [5.74, 6) is 1.16. The number of hydrogen-bond donors (Lipinski definition) is 2. The first-order valence-corrected chi connectivity index (χ1v) is 6.31. The molecule has 0 spiro atoms. The maximum absolute atomic E-state index is 3.40. The summed E-state index contributed by atoms with van der Waals surface area (Å²) >= 11 is 3.41. The van der Waals surface area contributed by atoms with Crippen molar-refractivity contribution in [2.45, 2.75) is 0 Å². The third-order valence-electron chi connectivity index (χ3n) is 2.23. The number of benzene rings is 1. The Labute approximate surface area is 91.0 Å². The third-order valence-corrected chi connectivity index (χ3v) is 4.20. The Hall–Kier alpha value is -0.780. The lowest BCUT2D eigenvalue weighted by atomic mass is 10.3. The minimum atomic E-state index is 1.16. The minimum absolute atomic E-state index is 1.16. The molecule has 0 amide bonds. The predicted molar refractivity (Wildman–Crippen MR) is 63.8 cm³/mol. The Kier molecular flexibility index (Phi) is 1.90. The molecule has 0 bridgehead atoms. The normalized spacial score (nSPS) is 18.2. The van der Waals surface area contributed by atoms with E-state index in [1.807, 2.05) is 12.1 Å². The van der Waals surface area contributed by atoms with Crippen molar-refractivity contribution in [3.05, 3.63) is 34.3 Å². The maximum atomic E-state index is 3.40. The second-order valence-corrected chi connectivity index (χ2v) is 4.88. The molecule has 1 aromatic rings. The number of hydrazine groups is 1. The minimum Gasteiger partial charge on any atom is -0.337 e. The van der Waals surface area contributed by atoms with Gasteiger partial charge in [-0.1, -0.05) is 12.1 Å². The molecule has 2 N–H and O–H groups in total. The van der Waals surface area contributed by atoms with Crippen molar-refractivity contribution in [1.29, 1.82) is 0 Å². The van der Waals surface area contributed by atoms with Gasteiger partial charge in [-0.25, -0.2) is 5.01 Å². The highest BCUT2D eigenvalue weighted by atomic mass is 32.2. The first kappa shape index (κ1) is 8.52. The molecule has 72 valence electrons. The highest BCUT2D eigenvalue weighted by molar-refractivity contribution is 8.21. The molecule has 2 aliphatic heterocycles. The van der Waals surface area contributed by atoms with Crippen LogP contribution in [0.15, 0.2) is 34.3 Å². The van der Waals surface area contributed by atoms with Gasteiger partial charge in [0.05, 0.1) is 15.6 Å². The standard InChI is InChI=1S/C9H9N3S2/c1-13-9-8-10-6-4-2-3-5-7(6)12(8)11-14-9/h2-5,10-11H,1H3. The lowest BCUT2D eigenvalue weighted by Gasteiger charge is -2.11. The smallest absolute Gasteiger partial charge is 0.148 e. The zero-order valence-electron chi connectivity index (χ0n) is 7.57. The Bertz CT molecular complexity index is 416. The first-order valence-electron chi connectivity index (χ1n) is 4.27. The van der Waals surface area contributed by atoms with Crippen LogP contribution in [0.2, 0.25) is 0 Å². The monoisotopic (exact) mass is 223 g/mol. The summed E-state index contributed by atoms with van der Waals surface area (Å²) in [4.78, 5) is 3.27. The molecule has 0 atom stereocenters. The lowest BCUT2D eigenvalue weighted by molar-refractivity contribution is 0.983. The fraction of sp³-hybridized carbons (Fsp3) is 0.111. The van der Waals surface area contributed by atoms with E-state index in [2.05, 4.69) is 33.5 Å². The Morgan fingerprint density at radius 3 is 3.07 bits per heavy atom. The number of fused-ring (bicyclic) bond motifs is 3. The van der Waals surface area contributed by atoms with Crippen molar-refractivity contribution < 1.29 is 0 Å². The SMILES string of the molecule is CSC1=C2Nc3ccccc3N2NS1. The zero-order valence-corrected chi connectivity index (χ0v) is 9.21. The fourth-order valence-electron chi connectivity index (χ4n) is 1.59. The van der Waals surface area contributed by atoms with Crippen LogP contribution in [0.3, 0.4) is 0 Å². The molecule has 2 aliphatic rings. The van der Waals surface area contributed by atoms with Crippen LogP contribution < -0.4 is 15.2 Å². The number of hydrogen-bond acceptors (Lipinski definition) is 5. The number of nitrogens with zero attached hydrogens (tertiary/aromatic N) is 1. The van der Waals surface area contributed by atoms with Gasteiger partial charge in [-0.05, 0) is 30.3 Å². The Balaban J connectivity index is 2.10. The van der Waals surface area contributed by atoms with Crippen molar-refractivity contribution in [2.75, 3.05) is 16.6 Å². The summed E-state index contributed by atoms with van der Waals surface area (Å²) in [6, 6.07) is 8.28. The van der Waals surface area contributed by atoms with Crippen LogP contribution in [0.4, 0.5) is 11.4 Å². The van der Waals surface area contributed by atoms with E-state index in [-0.39, 0.29) is 0 Å². The topological polar surface area (TPSA) is 27.3 Å². The third kappa shape index (κ3) is 1.06. The van der Waals surface area contributed by atoms with E-state index in [4.69, 9.17) is 0 Å². The van der Waals surface area contributed by atoms with Gasteiger partial charge < -0.3 is 5.32 Å². The summed E-state index contributed by atoms with van der Waals surface area (Å²) in [5.41, 5.74) is 2.36. The van der Waals surface area contributed by atoms with Crippen LogP contribution in [0, 0.1) is 0 Å². The molecule has 3 nitrogen and oxygen atoms in total. The van der Waals surface area contributed by atoms with E-state index in [1.54, 1.807) is 23.7 Å². The van der Waals surface area contributed by atoms with Crippen molar-refractivity contribution in [3.63, 3.8) is 0 Å². The Morgan fingerprint density at radius 2 is 2.21 bits per heavy atom. The molecule has 0 saturated heterocycles. The van der Waals surface area contributed by atoms with Crippen molar-refractivity contribution in [2.24, 2.45) is 0 Å². The van der Waals surface area contributed by atoms with Gasteiger partial charge in [-0.3, -0.25) is 0 Å². The number of rotatable bonds is 1. The maximum Gasteiger partial charge on any atom is 0.148 e. The summed E-state index contributed by atoms with van der Waals surface area (Å²) < 4.78 is 1.28. The van der Waals surface area contributed by atoms with Gasteiger partial charge in [-0.2, -0.15) is 4.83 Å². The lowest BCUT2D eigenvalue weighted by Crippen LogP contribution is -2.25. The van der Waals surface area contributed by atoms with Crippen molar-refractivity contribution in [3.8, 4) is 0 Å². The van der Waals surface area contributed by atoms with Gasteiger partial charge in [0.2, 0.25) is 0 Å². The molecule has 0 fully saturated rings. The Morgan fingerprint density at radius 1 is 1.36 bits per heavy atom. The van der Waals surface area contributed by atoms with Crippen LogP contribution in [-0.4, -0.2) is 6.26 Å². The molecule has 0 radical (unpaired) electrons. The van der Waals surface area contributed by atoms with Gasteiger partial charge in [-0.15, -0.1) is 11.8 Å². The first-order chi connectivity index (χ1) is 6.90. The quantitative estimate of drug-likeness (QED) is 0.714. The molecule has 0 aromatic heterocycles.